The van der Waals surface area contributed by atoms with Gasteiger partial charge in [0.05, 0.1) is 27.7 Å². The lowest BCUT2D eigenvalue weighted by molar-refractivity contribution is -0.394. The highest BCUT2D eigenvalue weighted by molar-refractivity contribution is 7.71. The van der Waals surface area contributed by atoms with E-state index in [0.717, 1.165) is 48.9 Å². The number of nitrogens with zero attached hydrogens (tertiary/aromatic N) is 5. The SMILES string of the molecule is O=[N+]([O-])c1ccc(/C=N/n2c(C34CC5CC(CC(C5)C3)C4)n[nH]c2=S)c([N+](=O)[O-])c1. The first-order valence-electron chi connectivity index (χ1n) is 10.00. The molecule has 4 fully saturated rings. The van der Waals surface area contributed by atoms with E-state index >= 15 is 0 Å². The van der Waals surface area contributed by atoms with Crippen LogP contribution in [0.4, 0.5) is 11.4 Å². The minimum atomic E-state index is -0.661. The van der Waals surface area contributed by atoms with Crippen LogP contribution in [0.2, 0.25) is 0 Å². The standard InChI is InChI=1S/C19H20N6O4S/c26-24(27)15-2-1-14(16(6-15)25(28)29)10-20-23-17(21-22-18(23)30)19-7-11-3-12(8-19)5-13(4-11)9-19/h1-2,6,10-13H,3-5,7-9H2,(H,22,30)/b20-10+. The van der Waals surface area contributed by atoms with Gasteiger partial charge in [0.25, 0.3) is 11.4 Å². The van der Waals surface area contributed by atoms with E-state index in [9.17, 15) is 20.2 Å². The third-order valence-corrected chi connectivity index (χ3v) is 7.16. The largest absolute Gasteiger partial charge is 0.285 e. The van der Waals surface area contributed by atoms with Gasteiger partial charge in [-0.15, -0.1) is 0 Å². The molecule has 1 N–H and O–H groups in total. The molecule has 11 heteroatoms. The second kappa shape index (κ2) is 6.79. The molecule has 0 aliphatic heterocycles. The van der Waals surface area contributed by atoms with E-state index in [-0.39, 0.29) is 22.4 Å². The number of non-ortho nitro benzene ring substituents is 1. The van der Waals surface area contributed by atoms with Crippen molar-refractivity contribution in [3.63, 3.8) is 0 Å². The molecule has 10 nitrogen and oxygen atoms in total. The Morgan fingerprint density at radius 2 is 1.77 bits per heavy atom. The number of hydrogen-bond acceptors (Lipinski definition) is 7. The van der Waals surface area contributed by atoms with Crippen molar-refractivity contribution in [3.05, 3.63) is 54.6 Å². The average Bonchev–Trinajstić information content (AvgIpc) is 3.06. The molecule has 156 valence electrons. The van der Waals surface area contributed by atoms with E-state index in [1.165, 1.54) is 37.6 Å². The molecule has 0 saturated heterocycles. The fourth-order valence-corrected chi connectivity index (χ4v) is 6.34. The number of aromatic amines is 1. The lowest BCUT2D eigenvalue weighted by Crippen LogP contribution is -2.49. The highest BCUT2D eigenvalue weighted by Gasteiger charge is 2.53. The van der Waals surface area contributed by atoms with Crippen molar-refractivity contribution in [3.8, 4) is 0 Å². The molecule has 0 radical (unpaired) electrons. The van der Waals surface area contributed by atoms with Gasteiger partial charge < -0.3 is 0 Å². The van der Waals surface area contributed by atoms with Gasteiger partial charge in [0.15, 0.2) is 5.82 Å². The Labute approximate surface area is 176 Å². The zero-order valence-corrected chi connectivity index (χ0v) is 16.9. The van der Waals surface area contributed by atoms with Crippen LogP contribution in [0.25, 0.3) is 0 Å². The van der Waals surface area contributed by atoms with Gasteiger partial charge in [0, 0.05) is 11.5 Å². The Hall–Kier alpha value is -2.95. The molecule has 4 bridgehead atoms. The summed E-state index contributed by atoms with van der Waals surface area (Å²) in [5.74, 6) is 2.95. The molecule has 4 aliphatic rings. The second-order valence-corrected chi connectivity index (χ2v) is 9.25. The van der Waals surface area contributed by atoms with E-state index in [1.54, 1.807) is 4.68 Å². The maximum Gasteiger partial charge on any atom is 0.285 e. The molecule has 0 spiro atoms. The number of benzene rings is 1. The molecule has 0 amide bonds. The molecule has 30 heavy (non-hydrogen) atoms. The molecule has 1 heterocycles. The Kier molecular flexibility index (Phi) is 4.31. The summed E-state index contributed by atoms with van der Waals surface area (Å²) in [5.41, 5.74) is -0.598. The maximum atomic E-state index is 11.4. The molecule has 1 aromatic carbocycles. The van der Waals surface area contributed by atoms with Crippen LogP contribution >= 0.6 is 12.2 Å². The number of H-pyrrole nitrogens is 1. The molecule has 0 atom stereocenters. The van der Waals surface area contributed by atoms with Crippen LogP contribution in [-0.4, -0.2) is 30.9 Å². The lowest BCUT2D eigenvalue weighted by atomic mass is 9.49. The summed E-state index contributed by atoms with van der Waals surface area (Å²) in [7, 11) is 0. The highest BCUT2D eigenvalue weighted by atomic mass is 32.1. The van der Waals surface area contributed by atoms with Gasteiger partial charge in [-0.25, -0.2) is 0 Å². The summed E-state index contributed by atoms with van der Waals surface area (Å²) >= 11 is 5.39. The first kappa shape index (κ1) is 19.0. The van der Waals surface area contributed by atoms with Crippen molar-refractivity contribution < 1.29 is 9.85 Å². The van der Waals surface area contributed by atoms with Crippen molar-refractivity contribution in [2.75, 3.05) is 0 Å². The zero-order chi connectivity index (χ0) is 21.0. The Balaban J connectivity index is 1.53. The quantitative estimate of drug-likeness (QED) is 0.330. The number of rotatable bonds is 5. The van der Waals surface area contributed by atoms with Crippen molar-refractivity contribution in [1.29, 1.82) is 0 Å². The van der Waals surface area contributed by atoms with Gasteiger partial charge in [-0.3, -0.25) is 25.3 Å². The van der Waals surface area contributed by atoms with Crippen LogP contribution in [0, 0.1) is 42.8 Å². The predicted molar refractivity (Wildman–Crippen MR) is 110 cm³/mol. The number of hydrogen-bond donors (Lipinski definition) is 1. The maximum absolute atomic E-state index is 11.4. The fraction of sp³-hybridized carbons (Fsp3) is 0.526. The minimum Gasteiger partial charge on any atom is -0.258 e. The van der Waals surface area contributed by atoms with Gasteiger partial charge in [-0.05, 0) is 74.6 Å². The van der Waals surface area contributed by atoms with Crippen LogP contribution < -0.4 is 0 Å². The summed E-state index contributed by atoms with van der Waals surface area (Å²) in [6, 6.07) is 3.49. The number of aromatic nitrogens is 3. The summed E-state index contributed by atoms with van der Waals surface area (Å²) in [5, 5.41) is 34.1. The molecule has 4 saturated carbocycles. The summed E-state index contributed by atoms with van der Waals surface area (Å²) in [6.45, 7) is 0. The molecular formula is C19H20N6O4S. The van der Waals surface area contributed by atoms with Crippen LogP contribution in [-0.2, 0) is 5.41 Å². The van der Waals surface area contributed by atoms with E-state index in [1.807, 2.05) is 0 Å². The van der Waals surface area contributed by atoms with Crippen molar-refractivity contribution >= 4 is 29.8 Å². The van der Waals surface area contributed by atoms with Crippen LogP contribution in [0.5, 0.6) is 0 Å². The highest BCUT2D eigenvalue weighted by Crippen LogP contribution is 2.60. The topological polar surface area (TPSA) is 132 Å². The Bertz CT molecular complexity index is 1100. The van der Waals surface area contributed by atoms with E-state index in [2.05, 4.69) is 15.3 Å². The van der Waals surface area contributed by atoms with Gasteiger partial charge in [0.2, 0.25) is 4.77 Å². The summed E-state index contributed by atoms with van der Waals surface area (Å²) in [4.78, 5) is 21.0. The van der Waals surface area contributed by atoms with Gasteiger partial charge in [-0.1, -0.05) is 0 Å². The summed E-state index contributed by atoms with van der Waals surface area (Å²) < 4.78 is 1.91. The fourth-order valence-electron chi connectivity index (χ4n) is 6.16. The normalized spacial score (nSPS) is 29.5. The first-order valence-corrected chi connectivity index (χ1v) is 10.4. The van der Waals surface area contributed by atoms with Crippen molar-refractivity contribution in [2.24, 2.45) is 22.9 Å². The average molecular weight is 428 g/mol. The molecule has 6 rings (SSSR count). The van der Waals surface area contributed by atoms with Crippen LogP contribution in [0.1, 0.15) is 49.9 Å². The van der Waals surface area contributed by atoms with Gasteiger partial charge >= 0.3 is 0 Å². The Morgan fingerprint density at radius 1 is 1.13 bits per heavy atom. The predicted octanol–water partition coefficient (Wildman–Crippen LogP) is 4.11. The van der Waals surface area contributed by atoms with E-state index in [0.29, 0.717) is 4.77 Å². The van der Waals surface area contributed by atoms with E-state index < -0.39 is 9.85 Å². The first-order chi connectivity index (χ1) is 14.3. The van der Waals surface area contributed by atoms with E-state index in [4.69, 9.17) is 12.2 Å². The van der Waals surface area contributed by atoms with Crippen molar-refractivity contribution in [1.82, 2.24) is 14.9 Å². The zero-order valence-electron chi connectivity index (χ0n) is 16.1. The number of nitrogens with one attached hydrogen (secondary N) is 1. The lowest BCUT2D eigenvalue weighted by Gasteiger charge is -2.55. The molecule has 1 aromatic heterocycles. The number of nitro groups is 2. The molecule has 4 aliphatic carbocycles. The molecule has 0 unspecified atom stereocenters. The Morgan fingerprint density at radius 3 is 2.33 bits per heavy atom. The van der Waals surface area contributed by atoms with Gasteiger partial charge in [-0.2, -0.15) is 14.9 Å². The third kappa shape index (κ3) is 3.04. The summed E-state index contributed by atoms with van der Waals surface area (Å²) in [6.07, 6.45) is 8.44. The number of nitro benzene ring substituents is 2. The third-order valence-electron chi connectivity index (χ3n) is 6.90. The molecule has 2 aromatic rings. The van der Waals surface area contributed by atoms with Crippen molar-refractivity contribution in [2.45, 2.75) is 43.9 Å². The monoisotopic (exact) mass is 428 g/mol. The second-order valence-electron chi connectivity index (χ2n) is 8.86. The van der Waals surface area contributed by atoms with Gasteiger partial charge in [0.1, 0.15) is 0 Å². The van der Waals surface area contributed by atoms with Crippen LogP contribution in [0.15, 0.2) is 23.3 Å². The minimum absolute atomic E-state index is 0.0545. The smallest absolute Gasteiger partial charge is 0.258 e. The van der Waals surface area contributed by atoms with Crippen LogP contribution in [0.3, 0.4) is 0 Å². The molecular weight excluding hydrogens is 408 g/mol.